The number of allylic oxidation sites excluding steroid dienone is 4. The van der Waals surface area contributed by atoms with Gasteiger partial charge in [-0.15, -0.1) is 0 Å². The fourth-order valence-electron chi connectivity index (χ4n) is 2.03. The molecule has 0 saturated heterocycles. The number of carbonyl (C=O) groups excluding carboxylic acids is 2. The smallest absolute Gasteiger partial charge is 0.347 e. The molecular weight excluding hydrogens is 300 g/mol. The van der Waals surface area contributed by atoms with Gasteiger partial charge in [0, 0.05) is 24.1 Å². The average Bonchev–Trinajstić information content (AvgIpc) is 2.60. The molecule has 0 aliphatic heterocycles. The van der Waals surface area contributed by atoms with Crippen molar-refractivity contribution in [1.82, 2.24) is 0 Å². The number of hydrogen-bond acceptors (Lipinski definition) is 6. The van der Waals surface area contributed by atoms with E-state index in [1.807, 2.05) is 0 Å². The Morgan fingerprint density at radius 3 is 2.17 bits per heavy atom. The van der Waals surface area contributed by atoms with Gasteiger partial charge in [-0.25, -0.2) is 9.59 Å². The Morgan fingerprint density at radius 2 is 1.65 bits per heavy atom. The molecular formula is C17H16O6. The van der Waals surface area contributed by atoms with Crippen LogP contribution in [-0.2, 0) is 9.53 Å². The molecule has 1 aliphatic rings. The number of benzene rings is 1. The van der Waals surface area contributed by atoms with E-state index in [0.29, 0.717) is 35.0 Å². The third-order valence-corrected chi connectivity index (χ3v) is 3.24. The molecule has 0 aromatic heterocycles. The highest BCUT2D eigenvalue weighted by atomic mass is 16.5. The molecule has 1 aromatic carbocycles. The molecule has 0 unspecified atom stereocenters. The van der Waals surface area contributed by atoms with Crippen molar-refractivity contribution < 1.29 is 28.5 Å². The van der Waals surface area contributed by atoms with Crippen molar-refractivity contribution in [3.05, 3.63) is 47.3 Å². The molecule has 0 saturated carbocycles. The fourth-order valence-corrected chi connectivity index (χ4v) is 2.03. The maximum atomic E-state index is 12.4. The van der Waals surface area contributed by atoms with Gasteiger partial charge in [0.15, 0.2) is 11.5 Å². The SMILES string of the molecule is COc1cc(OC)c(C(=O)OC2=CCC(=C=O)C=C2)cc1OC. The van der Waals surface area contributed by atoms with Crippen molar-refractivity contribution in [2.45, 2.75) is 6.42 Å². The molecule has 6 heteroatoms. The Labute approximate surface area is 133 Å². The van der Waals surface area contributed by atoms with Crippen molar-refractivity contribution in [2.24, 2.45) is 0 Å². The van der Waals surface area contributed by atoms with Crippen LogP contribution >= 0.6 is 0 Å². The topological polar surface area (TPSA) is 71.1 Å². The molecule has 2 rings (SSSR count). The molecule has 1 aliphatic carbocycles. The van der Waals surface area contributed by atoms with E-state index in [4.69, 9.17) is 18.9 Å². The monoisotopic (exact) mass is 316 g/mol. The average molecular weight is 316 g/mol. The maximum Gasteiger partial charge on any atom is 0.347 e. The number of carbonyl (C=O) groups is 1. The van der Waals surface area contributed by atoms with Crippen molar-refractivity contribution in [3.8, 4) is 17.2 Å². The molecule has 0 spiro atoms. The van der Waals surface area contributed by atoms with Crippen LogP contribution in [0.15, 0.2) is 41.7 Å². The summed E-state index contributed by atoms with van der Waals surface area (Å²) in [4.78, 5) is 22.9. The van der Waals surface area contributed by atoms with E-state index in [1.165, 1.54) is 33.5 Å². The van der Waals surface area contributed by atoms with Crippen molar-refractivity contribution >= 4 is 11.9 Å². The molecule has 0 atom stereocenters. The van der Waals surface area contributed by atoms with Crippen LogP contribution < -0.4 is 14.2 Å². The first kappa shape index (κ1) is 16.4. The van der Waals surface area contributed by atoms with E-state index in [9.17, 15) is 9.59 Å². The van der Waals surface area contributed by atoms with Gasteiger partial charge in [-0.2, -0.15) is 0 Å². The Hall–Kier alpha value is -2.98. The number of esters is 1. The zero-order valence-electron chi connectivity index (χ0n) is 13.0. The van der Waals surface area contributed by atoms with E-state index in [1.54, 1.807) is 24.2 Å². The lowest BCUT2D eigenvalue weighted by Gasteiger charge is -2.14. The van der Waals surface area contributed by atoms with Gasteiger partial charge in [-0.3, -0.25) is 0 Å². The zero-order chi connectivity index (χ0) is 16.8. The Kier molecular flexibility index (Phi) is 5.23. The summed E-state index contributed by atoms with van der Waals surface area (Å²) >= 11 is 0. The molecule has 6 nitrogen and oxygen atoms in total. The van der Waals surface area contributed by atoms with Gasteiger partial charge in [0.25, 0.3) is 0 Å². The van der Waals surface area contributed by atoms with E-state index in [-0.39, 0.29) is 5.56 Å². The standard InChI is InChI=1S/C17H16O6/c1-20-14-9-16(22-3)15(21-2)8-13(14)17(19)23-12-6-4-11(10-18)5-7-12/h4,6-9H,5H2,1-3H3. The third-order valence-electron chi connectivity index (χ3n) is 3.24. The van der Waals surface area contributed by atoms with E-state index in [2.05, 4.69) is 0 Å². The summed E-state index contributed by atoms with van der Waals surface area (Å²) in [5.41, 5.74) is 0.699. The minimum Gasteiger partial charge on any atom is -0.496 e. The van der Waals surface area contributed by atoms with Gasteiger partial charge in [0.1, 0.15) is 23.0 Å². The molecule has 0 fully saturated rings. The van der Waals surface area contributed by atoms with Crippen molar-refractivity contribution in [1.29, 1.82) is 0 Å². The van der Waals surface area contributed by atoms with Crippen LogP contribution in [0.25, 0.3) is 0 Å². The first-order valence-electron chi connectivity index (χ1n) is 6.77. The van der Waals surface area contributed by atoms with Crippen molar-refractivity contribution in [2.75, 3.05) is 21.3 Å². The van der Waals surface area contributed by atoms with Crippen molar-refractivity contribution in [3.63, 3.8) is 0 Å². The Morgan fingerprint density at radius 1 is 1.00 bits per heavy atom. The van der Waals surface area contributed by atoms with Gasteiger partial charge in [-0.05, 0) is 18.2 Å². The van der Waals surface area contributed by atoms with Crippen LogP contribution in [0.4, 0.5) is 0 Å². The number of methoxy groups -OCH3 is 3. The predicted molar refractivity (Wildman–Crippen MR) is 82.6 cm³/mol. The summed E-state index contributed by atoms with van der Waals surface area (Å²) < 4.78 is 20.9. The third kappa shape index (κ3) is 3.62. The van der Waals surface area contributed by atoms with Crippen LogP contribution in [0.1, 0.15) is 16.8 Å². The quantitative estimate of drug-likeness (QED) is 0.614. The predicted octanol–water partition coefficient (Wildman–Crippen LogP) is 2.47. The fraction of sp³-hybridized carbons (Fsp3) is 0.235. The normalized spacial score (nSPS) is 13.0. The second-order valence-corrected chi connectivity index (χ2v) is 4.57. The maximum absolute atomic E-state index is 12.4. The molecule has 1 aromatic rings. The van der Waals surface area contributed by atoms with Gasteiger partial charge in [0.05, 0.1) is 21.3 Å². The molecule has 0 bridgehead atoms. The molecule has 23 heavy (non-hydrogen) atoms. The first-order chi connectivity index (χ1) is 11.1. The minimum atomic E-state index is -0.600. The van der Waals surface area contributed by atoms with Crippen LogP contribution in [-0.4, -0.2) is 33.2 Å². The Balaban J connectivity index is 2.27. The largest absolute Gasteiger partial charge is 0.496 e. The second-order valence-electron chi connectivity index (χ2n) is 4.57. The Bertz CT molecular complexity index is 723. The lowest BCUT2D eigenvalue weighted by atomic mass is 10.1. The molecule has 0 heterocycles. The highest BCUT2D eigenvalue weighted by Crippen LogP contribution is 2.35. The second kappa shape index (κ2) is 7.33. The van der Waals surface area contributed by atoms with Crippen LogP contribution in [0, 0.1) is 0 Å². The van der Waals surface area contributed by atoms with E-state index in [0.717, 1.165) is 0 Å². The summed E-state index contributed by atoms with van der Waals surface area (Å²) in [6.45, 7) is 0. The highest BCUT2D eigenvalue weighted by molar-refractivity contribution is 5.94. The summed E-state index contributed by atoms with van der Waals surface area (Å²) in [6, 6.07) is 3.04. The van der Waals surface area contributed by atoms with Crippen LogP contribution in [0.2, 0.25) is 0 Å². The number of rotatable bonds is 5. The summed E-state index contributed by atoms with van der Waals surface area (Å²) in [7, 11) is 4.41. The minimum absolute atomic E-state index is 0.205. The van der Waals surface area contributed by atoms with Crippen LogP contribution in [0.3, 0.4) is 0 Å². The number of ether oxygens (including phenoxy) is 4. The van der Waals surface area contributed by atoms with Gasteiger partial charge >= 0.3 is 5.97 Å². The molecule has 0 radical (unpaired) electrons. The molecule has 0 N–H and O–H groups in total. The summed E-state index contributed by atoms with van der Waals surface area (Å²) in [5.74, 6) is 2.69. The summed E-state index contributed by atoms with van der Waals surface area (Å²) in [5, 5.41) is 0. The zero-order valence-corrected chi connectivity index (χ0v) is 13.0. The lowest BCUT2D eigenvalue weighted by Crippen LogP contribution is -2.08. The first-order valence-corrected chi connectivity index (χ1v) is 6.77. The van der Waals surface area contributed by atoms with Gasteiger partial charge in [-0.1, -0.05) is 0 Å². The molecule has 120 valence electrons. The van der Waals surface area contributed by atoms with E-state index < -0.39 is 5.97 Å². The van der Waals surface area contributed by atoms with Gasteiger partial charge in [0.2, 0.25) is 0 Å². The van der Waals surface area contributed by atoms with E-state index >= 15 is 0 Å². The lowest BCUT2D eigenvalue weighted by molar-refractivity contribution is 0.0631. The van der Waals surface area contributed by atoms with Gasteiger partial charge < -0.3 is 18.9 Å². The highest BCUT2D eigenvalue weighted by Gasteiger charge is 2.20. The number of hydrogen-bond donors (Lipinski definition) is 0. The summed E-state index contributed by atoms with van der Waals surface area (Å²) in [6.07, 6.45) is 5.09. The van der Waals surface area contributed by atoms with Crippen LogP contribution in [0.5, 0.6) is 17.2 Å². The molecule has 0 amide bonds.